The summed E-state index contributed by atoms with van der Waals surface area (Å²) in [6.45, 7) is 9.71. The smallest absolute Gasteiger partial charge is 0.317 e. The molecule has 1 aromatic carbocycles. The molecule has 0 aliphatic heterocycles. The summed E-state index contributed by atoms with van der Waals surface area (Å²) in [5.74, 6) is 0. The number of fused-ring (bicyclic) bond motifs is 1. The molecule has 2 aromatic rings. The third kappa shape index (κ3) is 3.41. The quantitative estimate of drug-likeness (QED) is 0.917. The largest absolute Gasteiger partial charge is 0.331 e. The topological polar surface area (TPSA) is 50.2 Å². The number of benzene rings is 1. The fourth-order valence-electron chi connectivity index (χ4n) is 3.54. The van der Waals surface area contributed by atoms with Crippen LogP contribution in [-0.2, 0) is 6.42 Å². The lowest BCUT2D eigenvalue weighted by Crippen LogP contribution is -2.42. The van der Waals surface area contributed by atoms with Crippen molar-refractivity contribution in [2.45, 2.75) is 53.0 Å². The van der Waals surface area contributed by atoms with E-state index in [-0.39, 0.29) is 12.1 Å². The summed E-state index contributed by atoms with van der Waals surface area (Å²) in [5.41, 5.74) is 6.03. The molecule has 0 spiro atoms. The molecule has 1 atom stereocenters. The Bertz CT molecular complexity index is 761. The second kappa shape index (κ2) is 7.30. The zero-order valence-corrected chi connectivity index (χ0v) is 15.7. The highest BCUT2D eigenvalue weighted by Gasteiger charge is 2.27. The molecule has 0 fully saturated rings. The lowest BCUT2D eigenvalue weighted by atomic mass is 9.93. The van der Waals surface area contributed by atoms with Gasteiger partial charge in [0.1, 0.15) is 0 Å². The molecule has 134 valence electrons. The number of carbonyl (C=O) groups excluding carboxylic acids is 1. The summed E-state index contributed by atoms with van der Waals surface area (Å²) in [6, 6.07) is 6.51. The standard InChI is InChI=1S/C20H28N4O/c1-5-23(6-2)20(25)22-18-8-7-9-19-17(18)13-21-24(19)16-11-10-14(3)15(4)12-16/h10-13,18H,5-9H2,1-4H3,(H,22,25)/t18-/m1/s1. The van der Waals surface area contributed by atoms with Gasteiger partial charge >= 0.3 is 6.03 Å². The monoisotopic (exact) mass is 340 g/mol. The highest BCUT2D eigenvalue weighted by molar-refractivity contribution is 5.74. The minimum atomic E-state index is 0.0155. The molecule has 0 saturated carbocycles. The SMILES string of the molecule is CCN(CC)C(=O)N[C@@H]1CCCc2c1cnn2-c1ccc(C)c(C)c1. The molecular weight excluding hydrogens is 312 g/mol. The van der Waals surface area contributed by atoms with Crippen LogP contribution >= 0.6 is 0 Å². The van der Waals surface area contributed by atoms with Gasteiger partial charge in [0.25, 0.3) is 0 Å². The number of nitrogens with zero attached hydrogens (tertiary/aromatic N) is 3. The Morgan fingerprint density at radius 2 is 2.04 bits per heavy atom. The van der Waals surface area contributed by atoms with Crippen molar-refractivity contribution in [3.05, 3.63) is 46.8 Å². The predicted molar refractivity (Wildman–Crippen MR) is 100 cm³/mol. The van der Waals surface area contributed by atoms with E-state index < -0.39 is 0 Å². The van der Waals surface area contributed by atoms with Crippen molar-refractivity contribution in [1.29, 1.82) is 0 Å². The molecule has 1 heterocycles. The fourth-order valence-corrected chi connectivity index (χ4v) is 3.54. The number of carbonyl (C=O) groups is 1. The van der Waals surface area contributed by atoms with Crippen LogP contribution in [0.15, 0.2) is 24.4 Å². The number of hydrogen-bond acceptors (Lipinski definition) is 2. The van der Waals surface area contributed by atoms with Crippen molar-refractivity contribution in [3.63, 3.8) is 0 Å². The van der Waals surface area contributed by atoms with Gasteiger partial charge in [0.2, 0.25) is 0 Å². The average Bonchev–Trinajstić information content (AvgIpc) is 3.03. The van der Waals surface area contributed by atoms with Crippen LogP contribution in [0.4, 0.5) is 4.79 Å². The van der Waals surface area contributed by atoms with Crippen LogP contribution in [0.25, 0.3) is 5.69 Å². The van der Waals surface area contributed by atoms with Crippen LogP contribution in [0.3, 0.4) is 0 Å². The second-order valence-electron chi connectivity index (χ2n) is 6.79. The van der Waals surface area contributed by atoms with E-state index in [1.54, 1.807) is 0 Å². The summed E-state index contributed by atoms with van der Waals surface area (Å²) in [4.78, 5) is 14.3. The first-order valence-electron chi connectivity index (χ1n) is 9.25. The summed E-state index contributed by atoms with van der Waals surface area (Å²) in [6.07, 6.45) is 4.96. The van der Waals surface area contributed by atoms with Crippen LogP contribution in [0.5, 0.6) is 0 Å². The number of aryl methyl sites for hydroxylation is 2. The maximum atomic E-state index is 12.4. The number of hydrogen-bond donors (Lipinski definition) is 1. The van der Waals surface area contributed by atoms with Crippen molar-refractivity contribution < 1.29 is 4.79 Å². The fraction of sp³-hybridized carbons (Fsp3) is 0.500. The first-order chi connectivity index (χ1) is 12.0. The molecule has 0 saturated heterocycles. The maximum absolute atomic E-state index is 12.4. The van der Waals surface area contributed by atoms with Crippen LogP contribution < -0.4 is 5.32 Å². The van der Waals surface area contributed by atoms with Gasteiger partial charge in [-0.25, -0.2) is 9.48 Å². The average molecular weight is 340 g/mol. The number of amides is 2. The molecule has 5 nitrogen and oxygen atoms in total. The van der Waals surface area contributed by atoms with Crippen molar-refractivity contribution in [2.24, 2.45) is 0 Å². The van der Waals surface area contributed by atoms with Gasteiger partial charge in [-0.1, -0.05) is 6.07 Å². The van der Waals surface area contributed by atoms with E-state index in [1.807, 2.05) is 29.6 Å². The zero-order valence-electron chi connectivity index (χ0n) is 15.7. The van der Waals surface area contributed by atoms with Gasteiger partial charge < -0.3 is 10.2 Å². The Balaban J connectivity index is 1.87. The summed E-state index contributed by atoms with van der Waals surface area (Å²) in [5, 5.41) is 7.83. The molecule has 0 radical (unpaired) electrons. The number of nitrogens with one attached hydrogen (secondary N) is 1. The van der Waals surface area contributed by atoms with E-state index >= 15 is 0 Å². The highest BCUT2D eigenvalue weighted by Crippen LogP contribution is 2.31. The van der Waals surface area contributed by atoms with Crippen molar-refractivity contribution in [1.82, 2.24) is 20.0 Å². The van der Waals surface area contributed by atoms with Crippen LogP contribution in [0, 0.1) is 13.8 Å². The Kier molecular flexibility index (Phi) is 5.11. The lowest BCUT2D eigenvalue weighted by molar-refractivity contribution is 0.197. The van der Waals surface area contributed by atoms with E-state index in [2.05, 4.69) is 42.5 Å². The van der Waals surface area contributed by atoms with Crippen LogP contribution in [0.1, 0.15) is 55.1 Å². The minimum Gasteiger partial charge on any atom is -0.331 e. The Morgan fingerprint density at radius 1 is 1.28 bits per heavy atom. The second-order valence-corrected chi connectivity index (χ2v) is 6.79. The molecule has 1 aliphatic carbocycles. The van der Waals surface area contributed by atoms with Crippen LogP contribution in [-0.4, -0.2) is 33.8 Å². The molecule has 2 amide bonds. The highest BCUT2D eigenvalue weighted by atomic mass is 16.2. The molecule has 5 heteroatoms. The molecule has 1 aliphatic rings. The Hall–Kier alpha value is -2.30. The molecule has 3 rings (SSSR count). The van der Waals surface area contributed by atoms with Gasteiger partial charge in [0, 0.05) is 24.3 Å². The third-order valence-electron chi connectivity index (χ3n) is 5.27. The van der Waals surface area contributed by atoms with Gasteiger partial charge in [-0.05, 0) is 70.2 Å². The number of urea groups is 1. The van der Waals surface area contributed by atoms with Crippen molar-refractivity contribution in [2.75, 3.05) is 13.1 Å². The first kappa shape index (κ1) is 17.5. The molecular formula is C20H28N4O. The van der Waals surface area contributed by atoms with Crippen molar-refractivity contribution in [3.8, 4) is 5.69 Å². The first-order valence-corrected chi connectivity index (χ1v) is 9.25. The third-order valence-corrected chi connectivity index (χ3v) is 5.27. The number of rotatable bonds is 4. The van der Waals surface area contributed by atoms with Gasteiger partial charge in [-0.3, -0.25) is 0 Å². The van der Waals surface area contributed by atoms with Gasteiger partial charge in [0.15, 0.2) is 0 Å². The molecule has 1 N–H and O–H groups in total. The summed E-state index contributed by atoms with van der Waals surface area (Å²) in [7, 11) is 0. The molecule has 0 unspecified atom stereocenters. The predicted octanol–water partition coefficient (Wildman–Crippen LogP) is 3.92. The summed E-state index contributed by atoms with van der Waals surface area (Å²) < 4.78 is 2.04. The Morgan fingerprint density at radius 3 is 2.72 bits per heavy atom. The molecule has 25 heavy (non-hydrogen) atoms. The Labute approximate surface area is 150 Å². The normalized spacial score (nSPS) is 16.4. The van der Waals surface area contributed by atoms with Crippen molar-refractivity contribution >= 4 is 6.03 Å². The van der Waals surface area contributed by atoms with E-state index in [4.69, 9.17) is 0 Å². The molecule has 0 bridgehead atoms. The minimum absolute atomic E-state index is 0.0155. The van der Waals surface area contributed by atoms with E-state index in [0.29, 0.717) is 0 Å². The van der Waals surface area contributed by atoms with Gasteiger partial charge in [-0.2, -0.15) is 5.10 Å². The van der Waals surface area contributed by atoms with Crippen LogP contribution in [0.2, 0.25) is 0 Å². The van der Waals surface area contributed by atoms with Gasteiger partial charge in [0.05, 0.1) is 17.9 Å². The van der Waals surface area contributed by atoms with E-state index in [0.717, 1.165) is 43.6 Å². The van der Waals surface area contributed by atoms with Gasteiger partial charge in [-0.15, -0.1) is 0 Å². The maximum Gasteiger partial charge on any atom is 0.317 e. The molecule has 1 aromatic heterocycles. The van der Waals surface area contributed by atoms with E-state index in [9.17, 15) is 4.79 Å². The zero-order chi connectivity index (χ0) is 18.0. The lowest BCUT2D eigenvalue weighted by Gasteiger charge is -2.27. The summed E-state index contributed by atoms with van der Waals surface area (Å²) >= 11 is 0. The van der Waals surface area contributed by atoms with E-state index in [1.165, 1.54) is 16.8 Å². The number of aromatic nitrogens is 2.